The third-order valence-electron chi connectivity index (χ3n) is 3.99. The van der Waals surface area contributed by atoms with Gasteiger partial charge in [0.2, 0.25) is 5.78 Å². The number of nitrogens with one attached hydrogen (secondary N) is 2. The number of hydrogen-bond donors (Lipinski definition) is 2. The summed E-state index contributed by atoms with van der Waals surface area (Å²) in [6.45, 7) is 4.34. The Bertz CT molecular complexity index is 750. The van der Waals surface area contributed by atoms with Gasteiger partial charge < -0.3 is 14.6 Å². The van der Waals surface area contributed by atoms with Crippen LogP contribution in [0, 0.1) is 19.7 Å². The van der Waals surface area contributed by atoms with E-state index in [2.05, 4.69) is 4.98 Å². The lowest BCUT2D eigenvalue weighted by Gasteiger charge is -2.13. The first-order chi connectivity index (χ1) is 11.3. The minimum atomic E-state index is -0.452. The average Bonchev–Trinajstić information content (AvgIpc) is 2.83. The fraction of sp³-hybridized carbons (Fsp3) is 0.333. The minimum Gasteiger partial charge on any atom is -0.465 e. The molecule has 2 rings (SSSR count). The summed E-state index contributed by atoms with van der Waals surface area (Å²) in [5.41, 5.74) is 3.04. The van der Waals surface area contributed by atoms with Crippen LogP contribution in [0.3, 0.4) is 0 Å². The number of ketones is 1. The molecule has 0 amide bonds. The molecule has 0 radical (unpaired) electrons. The highest BCUT2D eigenvalue weighted by Gasteiger charge is 2.24. The number of likely N-dealkylation sites (N-methyl/N-ethyl adjacent to an activating group) is 1. The van der Waals surface area contributed by atoms with E-state index >= 15 is 0 Å². The van der Waals surface area contributed by atoms with E-state index in [-0.39, 0.29) is 18.1 Å². The van der Waals surface area contributed by atoms with Crippen LogP contribution in [0.4, 0.5) is 4.39 Å². The fourth-order valence-corrected chi connectivity index (χ4v) is 2.81. The number of esters is 1. The van der Waals surface area contributed by atoms with Crippen LogP contribution >= 0.6 is 0 Å². The minimum absolute atomic E-state index is 0.0784. The number of benzene rings is 1. The average molecular weight is 333 g/mol. The molecule has 0 fully saturated rings. The smallest absolute Gasteiger partial charge is 0.339 e. The van der Waals surface area contributed by atoms with Crippen molar-refractivity contribution in [1.82, 2.24) is 4.98 Å². The van der Waals surface area contributed by atoms with Crippen molar-refractivity contribution in [2.75, 3.05) is 20.7 Å². The van der Waals surface area contributed by atoms with Crippen LogP contribution in [-0.2, 0) is 11.3 Å². The topological polar surface area (TPSA) is 63.6 Å². The number of methoxy groups -OCH3 is 1. The number of halogens is 1. The summed E-state index contributed by atoms with van der Waals surface area (Å²) in [4.78, 5) is 28.3. The van der Waals surface area contributed by atoms with E-state index in [9.17, 15) is 14.0 Å². The van der Waals surface area contributed by atoms with Gasteiger partial charge in [-0.05, 0) is 31.5 Å². The number of quaternary nitrogens is 1. The molecule has 2 aromatic rings. The van der Waals surface area contributed by atoms with Crippen molar-refractivity contribution in [2.45, 2.75) is 20.4 Å². The second-order valence-electron chi connectivity index (χ2n) is 5.98. The predicted octanol–water partition coefficient (Wildman–Crippen LogP) is 1.45. The van der Waals surface area contributed by atoms with E-state index < -0.39 is 5.97 Å². The van der Waals surface area contributed by atoms with Crippen LogP contribution in [0.25, 0.3) is 0 Å². The van der Waals surface area contributed by atoms with E-state index in [1.807, 2.05) is 7.05 Å². The first-order valence-corrected chi connectivity index (χ1v) is 7.70. The Kier molecular flexibility index (Phi) is 5.51. The fourth-order valence-electron chi connectivity index (χ4n) is 2.81. The van der Waals surface area contributed by atoms with Crippen LogP contribution in [0.5, 0.6) is 0 Å². The monoisotopic (exact) mass is 333 g/mol. The zero-order valence-electron chi connectivity index (χ0n) is 14.3. The van der Waals surface area contributed by atoms with Gasteiger partial charge in [0.25, 0.3) is 0 Å². The van der Waals surface area contributed by atoms with Crippen molar-refractivity contribution in [3.05, 3.63) is 58.2 Å². The molecule has 6 heteroatoms. The van der Waals surface area contributed by atoms with Gasteiger partial charge in [0, 0.05) is 11.3 Å². The van der Waals surface area contributed by atoms with Crippen LogP contribution in [0.2, 0.25) is 0 Å². The molecule has 1 atom stereocenters. The molecule has 0 aliphatic rings. The van der Waals surface area contributed by atoms with Crippen LogP contribution in [-0.4, -0.2) is 37.4 Å². The molecule has 2 N–H and O–H groups in total. The molecule has 0 saturated heterocycles. The summed E-state index contributed by atoms with van der Waals surface area (Å²) in [7, 11) is 3.21. The molecule has 24 heavy (non-hydrogen) atoms. The molecule has 1 heterocycles. The predicted molar refractivity (Wildman–Crippen MR) is 87.8 cm³/mol. The van der Waals surface area contributed by atoms with E-state index in [0.29, 0.717) is 29.1 Å². The van der Waals surface area contributed by atoms with Crippen LogP contribution in [0.1, 0.15) is 37.7 Å². The third-order valence-corrected chi connectivity index (χ3v) is 3.99. The summed E-state index contributed by atoms with van der Waals surface area (Å²) in [5.74, 6) is -0.807. The highest BCUT2D eigenvalue weighted by Crippen LogP contribution is 2.18. The Hall–Kier alpha value is -2.47. The third kappa shape index (κ3) is 3.89. The van der Waals surface area contributed by atoms with E-state index in [4.69, 9.17) is 4.74 Å². The second-order valence-corrected chi connectivity index (χ2v) is 5.98. The number of aromatic nitrogens is 1. The number of ether oxygens (including phenoxy) is 1. The summed E-state index contributed by atoms with van der Waals surface area (Å²) >= 11 is 0. The molecule has 1 aromatic carbocycles. The normalized spacial score (nSPS) is 12.0. The summed E-state index contributed by atoms with van der Waals surface area (Å²) in [6, 6.07) is 6.24. The van der Waals surface area contributed by atoms with Crippen molar-refractivity contribution in [2.24, 2.45) is 0 Å². The first kappa shape index (κ1) is 17.9. The zero-order chi connectivity index (χ0) is 17.9. The van der Waals surface area contributed by atoms with Crippen LogP contribution < -0.4 is 4.90 Å². The van der Waals surface area contributed by atoms with Gasteiger partial charge in [0.05, 0.1) is 25.4 Å². The maximum atomic E-state index is 12.9. The van der Waals surface area contributed by atoms with E-state index in [0.717, 1.165) is 10.5 Å². The largest absolute Gasteiger partial charge is 0.465 e. The van der Waals surface area contributed by atoms with Gasteiger partial charge in [-0.25, -0.2) is 9.18 Å². The van der Waals surface area contributed by atoms with Crippen molar-refractivity contribution >= 4 is 11.8 Å². The van der Waals surface area contributed by atoms with Gasteiger partial charge in [0.1, 0.15) is 18.9 Å². The van der Waals surface area contributed by atoms with Gasteiger partial charge in [-0.1, -0.05) is 12.1 Å². The lowest BCUT2D eigenvalue weighted by molar-refractivity contribution is -0.884. The SMILES string of the molecule is COC(=O)c1c(C)[nH]c(C(=O)C[NH+](C)Cc2ccc(F)cc2)c1C. The number of H-pyrrole nitrogens is 1. The molecule has 1 unspecified atom stereocenters. The van der Waals surface area contributed by atoms with Crippen molar-refractivity contribution in [3.63, 3.8) is 0 Å². The Morgan fingerprint density at radius 2 is 1.83 bits per heavy atom. The van der Waals surface area contributed by atoms with Gasteiger partial charge in [-0.2, -0.15) is 0 Å². The van der Waals surface area contributed by atoms with Crippen molar-refractivity contribution in [3.8, 4) is 0 Å². The second kappa shape index (κ2) is 7.40. The Balaban J connectivity index is 2.09. The van der Waals surface area contributed by atoms with Gasteiger partial charge >= 0.3 is 5.97 Å². The highest BCUT2D eigenvalue weighted by molar-refractivity contribution is 6.01. The lowest BCUT2D eigenvalue weighted by Crippen LogP contribution is -3.08. The highest BCUT2D eigenvalue weighted by atomic mass is 19.1. The number of hydrogen-bond acceptors (Lipinski definition) is 3. The maximum absolute atomic E-state index is 12.9. The zero-order valence-corrected chi connectivity index (χ0v) is 14.3. The van der Waals surface area contributed by atoms with Gasteiger partial charge in [-0.3, -0.25) is 4.79 Å². The van der Waals surface area contributed by atoms with Crippen LogP contribution in [0.15, 0.2) is 24.3 Å². The summed E-state index contributed by atoms with van der Waals surface area (Å²) in [5, 5.41) is 0. The van der Waals surface area contributed by atoms with Gasteiger partial charge in [-0.15, -0.1) is 0 Å². The quantitative estimate of drug-likeness (QED) is 0.621. The molecule has 1 aromatic heterocycles. The number of aromatic amines is 1. The first-order valence-electron chi connectivity index (χ1n) is 7.70. The van der Waals surface area contributed by atoms with Crippen molar-refractivity contribution < 1.29 is 23.6 Å². The number of rotatable bonds is 6. The van der Waals surface area contributed by atoms with E-state index in [1.165, 1.54) is 19.2 Å². The number of aryl methyl sites for hydroxylation is 1. The molecule has 0 bridgehead atoms. The molecule has 0 aliphatic carbocycles. The molecule has 0 aliphatic heterocycles. The summed E-state index contributed by atoms with van der Waals surface area (Å²) in [6.07, 6.45) is 0. The molecule has 128 valence electrons. The number of Topliss-reactive ketones (excluding diaryl/α,β-unsaturated/α-hetero) is 1. The Morgan fingerprint density at radius 1 is 1.21 bits per heavy atom. The molecule has 5 nitrogen and oxygen atoms in total. The van der Waals surface area contributed by atoms with Crippen molar-refractivity contribution in [1.29, 1.82) is 0 Å². The molecular formula is C18H22FN2O3+. The standard InChI is InChI=1S/C18H21FN2O3/c1-11-16(18(23)24-4)12(2)20-17(11)15(22)10-21(3)9-13-5-7-14(19)8-6-13/h5-8,20H,9-10H2,1-4H3/p+1. The Labute approximate surface area is 140 Å². The maximum Gasteiger partial charge on any atom is 0.339 e. The molecule has 0 spiro atoms. The lowest BCUT2D eigenvalue weighted by atomic mass is 10.1. The number of carbonyl (C=O) groups excluding carboxylic acids is 2. The van der Waals surface area contributed by atoms with E-state index in [1.54, 1.807) is 26.0 Å². The Morgan fingerprint density at radius 3 is 2.42 bits per heavy atom. The molecular weight excluding hydrogens is 311 g/mol. The summed E-state index contributed by atoms with van der Waals surface area (Å²) < 4.78 is 17.7. The molecule has 0 saturated carbocycles. The number of carbonyl (C=O) groups is 2. The van der Waals surface area contributed by atoms with Gasteiger partial charge in [0.15, 0.2) is 0 Å².